The largest absolute Gasteiger partial charge is 0.508 e. The van der Waals surface area contributed by atoms with Gasteiger partial charge in [0.05, 0.1) is 0 Å². The first kappa shape index (κ1) is 21.3. The van der Waals surface area contributed by atoms with Gasteiger partial charge in [-0.3, -0.25) is 0 Å². The Balaban J connectivity index is 1.77. The molecule has 11 heteroatoms. The number of phenolic OH excluding ortho intramolecular Hbond substituents is 2. The Morgan fingerprint density at radius 3 is 1.86 bits per heavy atom. The fourth-order valence-electron chi connectivity index (χ4n) is 3.50. The zero-order chi connectivity index (χ0) is 21.5. The highest BCUT2D eigenvalue weighted by atomic mass is 32.2. The van der Waals surface area contributed by atoms with Gasteiger partial charge in [-0.05, 0) is 43.2 Å². The summed E-state index contributed by atoms with van der Waals surface area (Å²) in [5.74, 6) is -12.3. The van der Waals surface area contributed by atoms with Crippen LogP contribution in [0.15, 0.2) is 23.1 Å². The van der Waals surface area contributed by atoms with Gasteiger partial charge >= 0.3 is 0 Å². The first-order valence-electron chi connectivity index (χ1n) is 8.58. The smallest absolute Gasteiger partial charge is 0.246 e. The molecule has 3 N–H and O–H groups in total. The number of nitrogens with one attached hydrogen (secondary N) is 1. The second-order valence-electron chi connectivity index (χ2n) is 6.81. The lowest BCUT2D eigenvalue weighted by molar-refractivity contribution is 0.350. The SMILES string of the molecule is O=S(=O)(NC1CCC(c2ccc(O)cc2O)CC1)c1c(F)c(F)c(F)c(F)c1F. The molecule has 0 heterocycles. The van der Waals surface area contributed by atoms with Crippen molar-refractivity contribution in [2.24, 2.45) is 0 Å². The van der Waals surface area contributed by atoms with E-state index in [1.165, 1.54) is 18.2 Å². The molecule has 1 aliphatic carbocycles. The zero-order valence-corrected chi connectivity index (χ0v) is 15.5. The predicted octanol–water partition coefficient (Wildman–Crippen LogP) is 3.80. The van der Waals surface area contributed by atoms with Crippen LogP contribution in [0.2, 0.25) is 0 Å². The second-order valence-corrected chi connectivity index (χ2v) is 8.46. The summed E-state index contributed by atoms with van der Waals surface area (Å²) in [6, 6.07) is 3.32. The Bertz CT molecular complexity index is 1020. The monoisotopic (exact) mass is 437 g/mol. The summed E-state index contributed by atoms with van der Waals surface area (Å²) < 4.78 is 94.0. The molecular weight excluding hydrogens is 421 g/mol. The Morgan fingerprint density at radius 2 is 1.34 bits per heavy atom. The molecule has 158 valence electrons. The van der Waals surface area contributed by atoms with Gasteiger partial charge in [-0.15, -0.1) is 0 Å². The van der Waals surface area contributed by atoms with E-state index in [9.17, 15) is 40.6 Å². The minimum Gasteiger partial charge on any atom is -0.508 e. The molecular formula is C18H16F5NO4S. The highest BCUT2D eigenvalue weighted by Gasteiger charge is 2.35. The molecule has 0 unspecified atom stereocenters. The van der Waals surface area contributed by atoms with E-state index in [1.54, 1.807) is 0 Å². The average molecular weight is 437 g/mol. The van der Waals surface area contributed by atoms with Crippen molar-refractivity contribution in [3.05, 3.63) is 52.8 Å². The topological polar surface area (TPSA) is 86.6 Å². The van der Waals surface area contributed by atoms with Crippen molar-refractivity contribution in [3.63, 3.8) is 0 Å². The third-order valence-corrected chi connectivity index (χ3v) is 6.48. The Morgan fingerprint density at radius 1 is 0.828 bits per heavy atom. The van der Waals surface area contributed by atoms with Crippen molar-refractivity contribution in [1.29, 1.82) is 0 Å². The van der Waals surface area contributed by atoms with Crippen molar-refractivity contribution in [2.45, 2.75) is 42.5 Å². The van der Waals surface area contributed by atoms with Gasteiger partial charge in [0.15, 0.2) is 28.2 Å². The standard InChI is InChI=1S/C18H16F5NO4S/c19-13-14(20)16(22)18(17(23)15(13)21)29(27,28)24-9-3-1-8(2-4-9)11-6-5-10(25)7-12(11)26/h5-9,24-26H,1-4H2. The number of phenols is 2. The molecule has 0 radical (unpaired) electrons. The van der Waals surface area contributed by atoms with Gasteiger partial charge in [0, 0.05) is 12.1 Å². The first-order valence-corrected chi connectivity index (χ1v) is 10.1. The van der Waals surface area contributed by atoms with Crippen molar-refractivity contribution < 1.29 is 40.6 Å². The maximum Gasteiger partial charge on any atom is 0.246 e. The molecule has 29 heavy (non-hydrogen) atoms. The first-order chi connectivity index (χ1) is 13.5. The highest BCUT2D eigenvalue weighted by molar-refractivity contribution is 7.89. The van der Waals surface area contributed by atoms with Crippen LogP contribution in [-0.2, 0) is 10.0 Å². The number of hydrogen-bond acceptors (Lipinski definition) is 4. The van der Waals surface area contributed by atoms with E-state index in [-0.39, 0.29) is 30.3 Å². The lowest BCUT2D eigenvalue weighted by atomic mass is 9.81. The maximum absolute atomic E-state index is 13.8. The summed E-state index contributed by atoms with van der Waals surface area (Å²) in [5, 5.41) is 19.3. The number of rotatable bonds is 4. The minimum absolute atomic E-state index is 0.115. The van der Waals surface area contributed by atoms with Gasteiger partial charge in [0.25, 0.3) is 0 Å². The van der Waals surface area contributed by atoms with E-state index in [1.807, 2.05) is 4.72 Å². The molecule has 1 saturated carbocycles. The summed E-state index contributed by atoms with van der Waals surface area (Å²) in [6.07, 6.45) is 1.20. The Labute approximate surface area is 162 Å². The van der Waals surface area contributed by atoms with Gasteiger partial charge in [-0.25, -0.2) is 35.1 Å². The summed E-state index contributed by atoms with van der Waals surface area (Å²) in [7, 11) is -5.01. The zero-order valence-electron chi connectivity index (χ0n) is 14.7. The second kappa shape index (κ2) is 7.79. The lowest BCUT2D eigenvalue weighted by Crippen LogP contribution is -2.38. The summed E-state index contributed by atoms with van der Waals surface area (Å²) in [5.41, 5.74) is 0.559. The number of aromatic hydroxyl groups is 2. The molecule has 0 bridgehead atoms. The van der Waals surface area contributed by atoms with Crippen LogP contribution in [-0.4, -0.2) is 24.7 Å². The van der Waals surface area contributed by atoms with Crippen molar-refractivity contribution in [1.82, 2.24) is 4.72 Å². The van der Waals surface area contributed by atoms with Crippen molar-refractivity contribution >= 4 is 10.0 Å². The van der Waals surface area contributed by atoms with Crippen LogP contribution in [0.3, 0.4) is 0 Å². The molecule has 1 aliphatic rings. The predicted molar refractivity (Wildman–Crippen MR) is 91.3 cm³/mol. The van der Waals surface area contributed by atoms with E-state index in [0.717, 1.165) is 0 Å². The number of halogens is 5. The molecule has 0 saturated heterocycles. The van der Waals surface area contributed by atoms with Gasteiger partial charge in [-0.1, -0.05) is 6.07 Å². The molecule has 0 amide bonds. The summed E-state index contributed by atoms with van der Waals surface area (Å²) in [4.78, 5) is -1.91. The molecule has 5 nitrogen and oxygen atoms in total. The van der Waals surface area contributed by atoms with E-state index in [0.29, 0.717) is 18.4 Å². The van der Waals surface area contributed by atoms with Crippen LogP contribution < -0.4 is 4.72 Å². The molecule has 0 aromatic heterocycles. The van der Waals surface area contributed by atoms with Crippen LogP contribution in [0.1, 0.15) is 37.2 Å². The molecule has 2 aromatic rings. The van der Waals surface area contributed by atoms with E-state index in [2.05, 4.69) is 0 Å². The number of benzene rings is 2. The Hall–Kier alpha value is -2.40. The molecule has 2 aromatic carbocycles. The molecule has 1 fully saturated rings. The fraction of sp³-hybridized carbons (Fsp3) is 0.333. The number of sulfonamides is 1. The average Bonchev–Trinajstić information content (AvgIpc) is 2.65. The minimum atomic E-state index is -5.01. The molecule has 0 spiro atoms. The molecule has 0 atom stereocenters. The lowest BCUT2D eigenvalue weighted by Gasteiger charge is -2.29. The maximum atomic E-state index is 13.8. The highest BCUT2D eigenvalue weighted by Crippen LogP contribution is 2.39. The Kier molecular flexibility index (Phi) is 5.72. The molecule has 3 rings (SSSR count). The van der Waals surface area contributed by atoms with E-state index < -0.39 is 50.0 Å². The normalized spacial score (nSPS) is 20.0. The molecule has 0 aliphatic heterocycles. The van der Waals surface area contributed by atoms with Gasteiger partial charge in [0.2, 0.25) is 15.8 Å². The van der Waals surface area contributed by atoms with Crippen LogP contribution in [0, 0.1) is 29.1 Å². The summed E-state index contributed by atoms with van der Waals surface area (Å²) >= 11 is 0. The van der Waals surface area contributed by atoms with Gasteiger partial charge in [-0.2, -0.15) is 0 Å². The fourth-order valence-corrected chi connectivity index (χ4v) is 4.94. The van der Waals surface area contributed by atoms with Gasteiger partial charge < -0.3 is 10.2 Å². The van der Waals surface area contributed by atoms with Crippen LogP contribution in [0.4, 0.5) is 22.0 Å². The van der Waals surface area contributed by atoms with Crippen LogP contribution >= 0.6 is 0 Å². The van der Waals surface area contributed by atoms with E-state index in [4.69, 9.17) is 0 Å². The number of hydrogen-bond donors (Lipinski definition) is 3. The van der Waals surface area contributed by atoms with Gasteiger partial charge in [0.1, 0.15) is 11.5 Å². The van der Waals surface area contributed by atoms with Crippen molar-refractivity contribution in [2.75, 3.05) is 0 Å². The third-order valence-electron chi connectivity index (χ3n) is 4.94. The van der Waals surface area contributed by atoms with Crippen LogP contribution in [0.5, 0.6) is 11.5 Å². The van der Waals surface area contributed by atoms with Crippen LogP contribution in [0.25, 0.3) is 0 Å². The third kappa shape index (κ3) is 4.01. The van der Waals surface area contributed by atoms with Crippen molar-refractivity contribution in [3.8, 4) is 11.5 Å². The quantitative estimate of drug-likeness (QED) is 0.386. The van der Waals surface area contributed by atoms with E-state index >= 15 is 0 Å². The summed E-state index contributed by atoms with van der Waals surface area (Å²) in [6.45, 7) is 0.